The van der Waals surface area contributed by atoms with Gasteiger partial charge in [-0.2, -0.15) is 0 Å². The van der Waals surface area contributed by atoms with Crippen LogP contribution in [0.15, 0.2) is 121 Å². The average molecular weight is 744 g/mol. The van der Waals surface area contributed by atoms with Crippen LogP contribution in [-0.4, -0.2) is 11.8 Å². The molecule has 10 rings (SSSR count). The van der Waals surface area contributed by atoms with E-state index in [1.54, 1.807) is 0 Å². The van der Waals surface area contributed by atoms with Crippen molar-refractivity contribution in [2.45, 2.75) is 78.6 Å². The molecule has 2 aromatic heterocycles. The highest BCUT2D eigenvalue weighted by Crippen LogP contribution is 2.46. The van der Waals surface area contributed by atoms with Crippen LogP contribution in [0.25, 0.3) is 69.6 Å². The van der Waals surface area contributed by atoms with E-state index in [1.165, 1.54) is 97.2 Å². The third kappa shape index (κ3) is 5.51. The fourth-order valence-electron chi connectivity index (χ4n) is 8.94. The summed E-state index contributed by atoms with van der Waals surface area (Å²) in [7, 11) is 2.48. The van der Waals surface area contributed by atoms with E-state index in [-0.39, 0.29) is 16.2 Å². The third-order valence-corrected chi connectivity index (χ3v) is 13.1. The molecule has 0 aliphatic carbocycles. The van der Waals surface area contributed by atoms with Crippen LogP contribution in [0.3, 0.4) is 0 Å². The first kappa shape index (κ1) is 35.1. The van der Waals surface area contributed by atoms with Gasteiger partial charge in [0.25, 0.3) is 0 Å². The molecule has 2 nitrogen and oxygen atoms in total. The van der Waals surface area contributed by atoms with E-state index in [4.69, 9.17) is 0 Å². The minimum atomic E-state index is -0.100. The molecule has 0 saturated heterocycles. The van der Waals surface area contributed by atoms with Crippen molar-refractivity contribution in [2.75, 3.05) is 5.32 Å². The van der Waals surface area contributed by atoms with Crippen molar-refractivity contribution in [3.63, 3.8) is 0 Å². The highest BCUT2D eigenvalue weighted by Gasteiger charge is 2.32. The maximum atomic E-state index is 3.98. The summed E-state index contributed by atoms with van der Waals surface area (Å²) in [5, 5.41) is 11.8. The van der Waals surface area contributed by atoms with Crippen LogP contribution in [0, 0.1) is 0 Å². The Morgan fingerprint density at radius 1 is 0.554 bits per heavy atom. The van der Waals surface area contributed by atoms with E-state index in [9.17, 15) is 0 Å². The fourth-order valence-corrected chi connectivity index (χ4v) is 10.1. The lowest BCUT2D eigenvalue weighted by atomic mass is 9.57. The van der Waals surface area contributed by atoms with Crippen LogP contribution in [0.1, 0.15) is 79.0 Å². The van der Waals surface area contributed by atoms with Crippen molar-refractivity contribution in [3.8, 4) is 16.8 Å². The summed E-state index contributed by atoms with van der Waals surface area (Å²) in [5.74, 6) is 0. The number of rotatable bonds is 3. The molecule has 4 heteroatoms. The normalized spacial score (nSPS) is 13.2. The predicted molar refractivity (Wildman–Crippen MR) is 247 cm³/mol. The van der Waals surface area contributed by atoms with Crippen molar-refractivity contribution in [1.29, 1.82) is 0 Å². The van der Waals surface area contributed by atoms with Gasteiger partial charge in [-0.1, -0.05) is 141 Å². The van der Waals surface area contributed by atoms with Crippen LogP contribution in [0.2, 0.25) is 0 Å². The molecule has 0 amide bonds. The topological polar surface area (TPSA) is 17.0 Å². The van der Waals surface area contributed by atoms with E-state index in [0.29, 0.717) is 0 Å². The first-order valence-corrected chi connectivity index (χ1v) is 20.8. The molecule has 0 saturated carbocycles. The molecular formula is C52H48BN2S. The molecule has 275 valence electrons. The molecule has 0 atom stereocenters. The lowest BCUT2D eigenvalue weighted by molar-refractivity contribution is 0.590. The lowest BCUT2D eigenvalue weighted by Gasteiger charge is -2.29. The number of anilines is 2. The molecule has 1 N–H and O–H groups in total. The molecule has 9 aromatic rings. The molecule has 1 aliphatic rings. The zero-order chi connectivity index (χ0) is 38.9. The Bertz CT molecular complexity index is 3070. The largest absolute Gasteiger partial charge is 0.355 e. The molecule has 0 fully saturated rings. The number of hydrogen-bond donors (Lipinski definition) is 1. The van der Waals surface area contributed by atoms with Gasteiger partial charge in [0.05, 0.1) is 5.52 Å². The summed E-state index contributed by atoms with van der Waals surface area (Å²) < 4.78 is 5.18. The number of thiophene rings is 1. The van der Waals surface area contributed by atoms with Gasteiger partial charge in [0.2, 0.25) is 0 Å². The summed E-state index contributed by atoms with van der Waals surface area (Å²) >= 11 is 1.90. The Morgan fingerprint density at radius 3 is 1.91 bits per heavy atom. The monoisotopic (exact) mass is 743 g/mol. The predicted octanol–water partition coefficient (Wildman–Crippen LogP) is 13.6. The molecule has 0 bridgehead atoms. The van der Waals surface area contributed by atoms with Crippen molar-refractivity contribution in [1.82, 2.24) is 4.57 Å². The van der Waals surface area contributed by atoms with Crippen molar-refractivity contribution < 1.29 is 0 Å². The number of aromatic nitrogens is 1. The second kappa shape index (κ2) is 12.1. The molecule has 56 heavy (non-hydrogen) atoms. The molecule has 7 aromatic carbocycles. The number of fused-ring (bicyclic) bond motifs is 9. The Kier molecular flexibility index (Phi) is 7.58. The molecule has 0 spiro atoms. The maximum Gasteiger partial charge on any atom is 0.197 e. The van der Waals surface area contributed by atoms with E-state index in [2.05, 4.69) is 201 Å². The van der Waals surface area contributed by atoms with E-state index in [0.717, 1.165) is 11.4 Å². The Hall–Kier alpha value is -5.32. The van der Waals surface area contributed by atoms with Gasteiger partial charge in [0.1, 0.15) is 0 Å². The zero-order valence-corrected chi connectivity index (χ0v) is 34.8. The Morgan fingerprint density at radius 2 is 1.20 bits per heavy atom. The van der Waals surface area contributed by atoms with Crippen LogP contribution in [-0.2, 0) is 16.2 Å². The highest BCUT2D eigenvalue weighted by molar-refractivity contribution is 7.26. The zero-order valence-electron chi connectivity index (χ0n) is 34.0. The van der Waals surface area contributed by atoms with Crippen molar-refractivity contribution in [2.24, 2.45) is 0 Å². The quantitative estimate of drug-likeness (QED) is 0.178. The Labute approximate surface area is 335 Å². The number of benzene rings is 7. The van der Waals surface area contributed by atoms with Gasteiger partial charge < -0.3 is 9.88 Å². The van der Waals surface area contributed by atoms with Gasteiger partial charge in [-0.05, 0) is 103 Å². The summed E-state index contributed by atoms with van der Waals surface area (Å²) in [4.78, 5) is 0. The van der Waals surface area contributed by atoms with Gasteiger partial charge in [0, 0.05) is 59.1 Å². The minimum Gasteiger partial charge on any atom is -0.355 e. The van der Waals surface area contributed by atoms with Crippen LogP contribution < -0.4 is 16.2 Å². The summed E-state index contributed by atoms with van der Waals surface area (Å²) in [6, 6.07) is 46.1. The smallest absolute Gasteiger partial charge is 0.197 e. The summed E-state index contributed by atoms with van der Waals surface area (Å²) in [5.41, 5.74) is 15.1. The first-order valence-electron chi connectivity index (χ1n) is 20.0. The highest BCUT2D eigenvalue weighted by atomic mass is 32.1. The fraction of sp³-hybridized carbons (Fsp3) is 0.231. The molecule has 3 heterocycles. The lowest BCUT2D eigenvalue weighted by Crippen LogP contribution is -2.38. The minimum absolute atomic E-state index is 0.0345. The Balaban J connectivity index is 1.30. The average Bonchev–Trinajstić information content (AvgIpc) is 3.68. The standard InChI is InChI=1S/C52H48BN2S/c1-50(2,3)32-18-21-34(22-19-32)54-42-28-38-37-24-30-14-10-11-15-31(30)25-45(37)56-46(38)29-36(42)39-27-40(52(7,8)9)47-35-16-12-13-17-43(35)55-44-23-20-33(51(4,5)6)26-41(44)53-48(39)49(47)55/h10-29,54H,1-9H3. The molecular weight excluding hydrogens is 695 g/mol. The van der Waals surface area contributed by atoms with Gasteiger partial charge in [0.15, 0.2) is 7.28 Å². The third-order valence-electron chi connectivity index (χ3n) is 12.0. The second-order valence-electron chi connectivity index (χ2n) is 19.0. The van der Waals surface area contributed by atoms with Gasteiger partial charge in [-0.3, -0.25) is 0 Å². The van der Waals surface area contributed by atoms with Gasteiger partial charge >= 0.3 is 0 Å². The van der Waals surface area contributed by atoms with E-state index >= 15 is 0 Å². The van der Waals surface area contributed by atoms with Crippen LogP contribution in [0.5, 0.6) is 0 Å². The molecule has 1 aliphatic heterocycles. The van der Waals surface area contributed by atoms with Crippen LogP contribution in [0.4, 0.5) is 11.4 Å². The van der Waals surface area contributed by atoms with Crippen molar-refractivity contribution >= 4 is 93.7 Å². The molecule has 1 radical (unpaired) electrons. The van der Waals surface area contributed by atoms with E-state index < -0.39 is 0 Å². The first-order chi connectivity index (χ1) is 26.6. The number of nitrogens with zero attached hydrogens (tertiary/aromatic N) is 1. The summed E-state index contributed by atoms with van der Waals surface area (Å²) in [6.45, 7) is 20.9. The van der Waals surface area contributed by atoms with Gasteiger partial charge in [-0.25, -0.2) is 0 Å². The van der Waals surface area contributed by atoms with Gasteiger partial charge in [-0.15, -0.1) is 11.3 Å². The number of nitrogens with one attached hydrogen (secondary N) is 1. The summed E-state index contributed by atoms with van der Waals surface area (Å²) in [6.07, 6.45) is 0. The maximum absolute atomic E-state index is 3.98. The van der Waals surface area contributed by atoms with Crippen LogP contribution >= 0.6 is 11.3 Å². The SMILES string of the molecule is CC(C)(C)c1ccc(Nc2cc3c(cc2-c2cc(C(C)(C)C)c4c5ccccc5n5c4c2[B]c2cc(C(C)(C)C)ccc2-5)sc2cc4ccccc4cc23)cc1. The molecule has 0 unspecified atom stereocenters. The van der Waals surface area contributed by atoms with Crippen molar-refractivity contribution in [3.05, 3.63) is 138 Å². The number of hydrogen-bond acceptors (Lipinski definition) is 2. The number of para-hydroxylation sites is 1. The second-order valence-corrected chi connectivity index (χ2v) is 20.1. The van der Waals surface area contributed by atoms with E-state index in [1.807, 2.05) is 11.3 Å².